The Morgan fingerprint density at radius 1 is 1.50 bits per heavy atom. The Bertz CT molecular complexity index is 409. The Kier molecular flexibility index (Phi) is 3.68. The van der Waals surface area contributed by atoms with Gasteiger partial charge in [0.2, 0.25) is 0 Å². The topological polar surface area (TPSA) is 34.2 Å². The molecule has 3 rings (SSSR count). The maximum atomic E-state index is 5.96. The minimum atomic E-state index is 0.475. The van der Waals surface area contributed by atoms with Crippen molar-refractivity contribution in [2.24, 2.45) is 5.92 Å². The fourth-order valence-corrected chi connectivity index (χ4v) is 3.56. The van der Waals surface area contributed by atoms with E-state index in [-0.39, 0.29) is 0 Å². The molecule has 0 saturated carbocycles. The third-order valence-corrected chi connectivity index (χ3v) is 4.73. The first kappa shape index (κ1) is 12.6. The smallest absolute Gasteiger partial charge is 0.0623 e. The maximum Gasteiger partial charge on any atom is 0.0623 e. The number of likely N-dealkylation sites (N-methyl/N-ethyl adjacent to an activating group) is 1. The highest BCUT2D eigenvalue weighted by Crippen LogP contribution is 2.40. The molecule has 2 aliphatic rings. The van der Waals surface area contributed by atoms with Gasteiger partial charge >= 0.3 is 0 Å². The summed E-state index contributed by atoms with van der Waals surface area (Å²) in [5, 5.41) is 3.46. The molecular weight excluding hydrogens is 292 g/mol. The van der Waals surface area contributed by atoms with Crippen molar-refractivity contribution in [3.05, 3.63) is 28.5 Å². The van der Waals surface area contributed by atoms with Gasteiger partial charge in [-0.2, -0.15) is 0 Å². The lowest BCUT2D eigenvalue weighted by molar-refractivity contribution is 0.0862. The van der Waals surface area contributed by atoms with Gasteiger partial charge in [-0.1, -0.05) is 0 Å². The van der Waals surface area contributed by atoms with Crippen molar-refractivity contribution in [1.82, 2.24) is 10.3 Å². The first-order valence-corrected chi connectivity index (χ1v) is 7.48. The lowest BCUT2D eigenvalue weighted by atomic mass is 9.82. The van der Waals surface area contributed by atoms with E-state index in [2.05, 4.69) is 45.4 Å². The van der Waals surface area contributed by atoms with Crippen molar-refractivity contribution in [3.63, 3.8) is 0 Å². The second kappa shape index (κ2) is 5.27. The summed E-state index contributed by atoms with van der Waals surface area (Å²) in [7, 11) is 2.05. The van der Waals surface area contributed by atoms with Crippen LogP contribution in [0.4, 0.5) is 0 Å². The fraction of sp³-hybridized carbons (Fsp3) is 0.643. The van der Waals surface area contributed by atoms with Crippen LogP contribution in [0, 0.1) is 5.92 Å². The van der Waals surface area contributed by atoms with Gasteiger partial charge in [-0.05, 0) is 54.4 Å². The Labute approximate surface area is 116 Å². The van der Waals surface area contributed by atoms with E-state index in [0.717, 1.165) is 16.6 Å². The zero-order valence-corrected chi connectivity index (χ0v) is 12.2. The highest BCUT2D eigenvalue weighted by Gasteiger charge is 2.43. The number of hydrogen-bond acceptors (Lipinski definition) is 3. The van der Waals surface area contributed by atoms with Crippen LogP contribution in [0.5, 0.6) is 0 Å². The van der Waals surface area contributed by atoms with Gasteiger partial charge in [0.15, 0.2) is 0 Å². The number of halogens is 1. The van der Waals surface area contributed by atoms with Crippen LogP contribution >= 0.6 is 15.9 Å². The molecule has 0 radical (unpaired) electrons. The van der Waals surface area contributed by atoms with E-state index in [1.54, 1.807) is 0 Å². The number of hydrogen-bond donors (Lipinski definition) is 1. The van der Waals surface area contributed by atoms with Crippen LogP contribution in [-0.2, 0) is 11.2 Å². The van der Waals surface area contributed by atoms with Gasteiger partial charge in [-0.3, -0.25) is 4.98 Å². The van der Waals surface area contributed by atoms with Crippen LogP contribution < -0.4 is 5.32 Å². The molecule has 2 fully saturated rings. The quantitative estimate of drug-likeness (QED) is 0.928. The summed E-state index contributed by atoms with van der Waals surface area (Å²) in [6.45, 7) is 0. The Hall–Kier alpha value is -0.450. The molecule has 4 unspecified atom stereocenters. The van der Waals surface area contributed by atoms with Gasteiger partial charge in [0, 0.05) is 34.7 Å². The molecule has 18 heavy (non-hydrogen) atoms. The molecular formula is C14H19BrN2O. The lowest BCUT2D eigenvalue weighted by Gasteiger charge is -2.28. The van der Waals surface area contributed by atoms with E-state index in [0.29, 0.717) is 24.2 Å². The van der Waals surface area contributed by atoms with Crippen LogP contribution in [-0.4, -0.2) is 30.3 Å². The zero-order chi connectivity index (χ0) is 12.5. The third kappa shape index (κ3) is 2.46. The molecule has 3 heterocycles. The summed E-state index contributed by atoms with van der Waals surface area (Å²) in [6, 6.07) is 4.64. The third-order valence-electron chi connectivity index (χ3n) is 4.26. The molecule has 1 N–H and O–H groups in total. The van der Waals surface area contributed by atoms with Crippen molar-refractivity contribution in [2.75, 3.05) is 7.05 Å². The van der Waals surface area contributed by atoms with Gasteiger partial charge in [0.25, 0.3) is 0 Å². The predicted molar refractivity (Wildman–Crippen MR) is 74.5 cm³/mol. The minimum Gasteiger partial charge on any atom is -0.375 e. The molecule has 2 aliphatic heterocycles. The Morgan fingerprint density at radius 2 is 2.39 bits per heavy atom. The Morgan fingerprint density at radius 3 is 2.94 bits per heavy atom. The van der Waals surface area contributed by atoms with E-state index in [4.69, 9.17) is 4.74 Å². The molecule has 1 aromatic rings. The molecule has 2 saturated heterocycles. The van der Waals surface area contributed by atoms with Crippen molar-refractivity contribution >= 4 is 15.9 Å². The highest BCUT2D eigenvalue weighted by atomic mass is 79.9. The SMILES string of the molecule is CNC(Cc1ccc(Br)cn1)C1CC2CCC1O2. The van der Waals surface area contributed by atoms with Crippen molar-refractivity contribution in [2.45, 2.75) is 43.9 Å². The van der Waals surface area contributed by atoms with Crippen LogP contribution in [0.25, 0.3) is 0 Å². The van der Waals surface area contributed by atoms with Crippen LogP contribution in [0.15, 0.2) is 22.8 Å². The second-order valence-corrected chi connectivity index (χ2v) is 6.26. The van der Waals surface area contributed by atoms with E-state index in [1.807, 2.05) is 6.20 Å². The van der Waals surface area contributed by atoms with Gasteiger partial charge in [-0.15, -0.1) is 0 Å². The standard InChI is InChI=1S/C14H19BrN2O/c1-16-13(6-10-3-2-9(15)8-17-10)12-7-11-4-5-14(12)18-11/h2-3,8,11-14,16H,4-7H2,1H3. The normalized spacial score (nSPS) is 31.8. The summed E-state index contributed by atoms with van der Waals surface area (Å²) in [5.74, 6) is 0.652. The van der Waals surface area contributed by atoms with Crippen molar-refractivity contribution < 1.29 is 4.74 Å². The van der Waals surface area contributed by atoms with Crippen LogP contribution in [0.2, 0.25) is 0 Å². The average Bonchev–Trinajstić information content (AvgIpc) is 3.00. The minimum absolute atomic E-state index is 0.475. The molecule has 2 bridgehead atoms. The van der Waals surface area contributed by atoms with Crippen LogP contribution in [0.1, 0.15) is 25.0 Å². The molecule has 3 nitrogen and oxygen atoms in total. The second-order valence-electron chi connectivity index (χ2n) is 5.34. The van der Waals surface area contributed by atoms with Crippen molar-refractivity contribution in [1.29, 1.82) is 0 Å². The predicted octanol–water partition coefficient (Wildman–Crippen LogP) is 2.54. The summed E-state index contributed by atoms with van der Waals surface area (Å²) in [4.78, 5) is 4.47. The zero-order valence-electron chi connectivity index (χ0n) is 10.6. The molecule has 98 valence electrons. The molecule has 0 aromatic carbocycles. The number of nitrogens with one attached hydrogen (secondary N) is 1. The van der Waals surface area contributed by atoms with Gasteiger partial charge in [-0.25, -0.2) is 0 Å². The largest absolute Gasteiger partial charge is 0.375 e. The maximum absolute atomic E-state index is 5.96. The van der Waals surface area contributed by atoms with Crippen molar-refractivity contribution in [3.8, 4) is 0 Å². The number of fused-ring (bicyclic) bond motifs is 2. The van der Waals surface area contributed by atoms with Gasteiger partial charge in [0.1, 0.15) is 0 Å². The molecule has 4 heteroatoms. The van der Waals surface area contributed by atoms with E-state index < -0.39 is 0 Å². The number of pyridine rings is 1. The van der Waals surface area contributed by atoms with Crippen LogP contribution in [0.3, 0.4) is 0 Å². The Balaban J connectivity index is 1.67. The average molecular weight is 311 g/mol. The number of rotatable bonds is 4. The van der Waals surface area contributed by atoms with E-state index >= 15 is 0 Å². The van der Waals surface area contributed by atoms with Gasteiger partial charge in [0.05, 0.1) is 12.2 Å². The fourth-order valence-electron chi connectivity index (χ4n) is 3.32. The first-order chi connectivity index (χ1) is 8.76. The highest BCUT2D eigenvalue weighted by molar-refractivity contribution is 9.10. The molecule has 1 aromatic heterocycles. The molecule has 0 aliphatic carbocycles. The summed E-state index contributed by atoms with van der Waals surface area (Å²) >= 11 is 3.42. The summed E-state index contributed by atoms with van der Waals surface area (Å²) in [5.41, 5.74) is 1.15. The summed E-state index contributed by atoms with van der Waals surface area (Å²) in [6.07, 6.45) is 7.57. The van der Waals surface area contributed by atoms with E-state index in [1.165, 1.54) is 19.3 Å². The number of ether oxygens (including phenoxy) is 1. The summed E-state index contributed by atoms with van der Waals surface area (Å²) < 4.78 is 6.99. The molecule has 4 atom stereocenters. The number of nitrogens with zero attached hydrogens (tertiary/aromatic N) is 1. The molecule has 0 amide bonds. The van der Waals surface area contributed by atoms with Gasteiger partial charge < -0.3 is 10.1 Å². The first-order valence-electron chi connectivity index (χ1n) is 6.69. The lowest BCUT2D eigenvalue weighted by Crippen LogP contribution is -2.40. The number of aromatic nitrogens is 1. The monoisotopic (exact) mass is 310 g/mol. The molecule has 0 spiro atoms. The van der Waals surface area contributed by atoms with E-state index in [9.17, 15) is 0 Å².